The largest absolute Gasteiger partial charge is 0.397 e. The molecule has 0 aromatic rings. The van der Waals surface area contributed by atoms with E-state index in [9.17, 15) is 132 Å². The number of aliphatic hydroxyl groups is 18. The molecule has 548 valence electrons. The van der Waals surface area contributed by atoms with Crippen molar-refractivity contribution >= 4 is 38.5 Å². The second kappa shape index (κ2) is 34.3. The van der Waals surface area contributed by atoms with Crippen molar-refractivity contribution in [3.05, 3.63) is 0 Å². The summed E-state index contributed by atoms with van der Waals surface area (Å²) in [5.41, 5.74) is 0. The van der Waals surface area contributed by atoms with Gasteiger partial charge in [-0.2, -0.15) is 16.8 Å². The lowest BCUT2D eigenvalue weighted by molar-refractivity contribution is -0.389. The standard InChI is InChI=1S/C48H83N3O41S2/c1-12-25(61)32(68)34(70)45(81-12)91-42-33(69)27(63)18(6-53)84-48(42)89-39-24(51-15(4)59)44(82-19(7-54)28(39)64)90-40-30(66)22(11-80-93(73,74)75)86-46(35(40)71)88-38-21(9-56)85-43(23(31(38)67)50-14(3)58)79-10-17(60)26(62)37(16(5-52)49-13(2)57)87-47-36(72)41(92-94(76,77)78)29(65)20(8-55)83-47/h12,16-48,52-56,60-72H,5-11H2,1-4H3,(H,49,57)(H,50,58)(H,51,59)(H,73,74,75)(H,76,77,78)/t12-,16-,17+,18+,19+,20+,21+,22+,23+,24+,25+,26-,27-,28+,29-,30-,31+,32+,33-,34-,35+,36+,37+,38+,39+,40-,41-,42+,43+,44-,45-,46-,47-,48-/m0/s1. The predicted molar refractivity (Wildman–Crippen MR) is 288 cm³/mol. The van der Waals surface area contributed by atoms with Crippen LogP contribution in [0.5, 0.6) is 0 Å². The van der Waals surface area contributed by atoms with Gasteiger partial charge in [0, 0.05) is 20.8 Å². The Hall–Kier alpha value is -3.05. The third-order valence-electron chi connectivity index (χ3n) is 15.8. The van der Waals surface area contributed by atoms with Crippen LogP contribution in [0.25, 0.3) is 0 Å². The van der Waals surface area contributed by atoms with Gasteiger partial charge in [0.25, 0.3) is 0 Å². The highest BCUT2D eigenvalue weighted by Crippen LogP contribution is 2.37. The maximum Gasteiger partial charge on any atom is 0.397 e. The summed E-state index contributed by atoms with van der Waals surface area (Å²) in [5.74, 6) is -2.87. The molecule has 0 unspecified atom stereocenters. The van der Waals surface area contributed by atoms with Crippen molar-refractivity contribution in [1.29, 1.82) is 0 Å². The molecule has 0 aromatic carbocycles. The molecule has 6 aliphatic heterocycles. The summed E-state index contributed by atoms with van der Waals surface area (Å²) >= 11 is 0. The van der Waals surface area contributed by atoms with Gasteiger partial charge in [0.15, 0.2) is 37.7 Å². The fourth-order valence-electron chi connectivity index (χ4n) is 11.0. The Kier molecular flexibility index (Phi) is 29.2. The number of aliphatic hydroxyl groups excluding tert-OH is 18. The van der Waals surface area contributed by atoms with Crippen LogP contribution in [0, 0.1) is 0 Å². The van der Waals surface area contributed by atoms with Gasteiger partial charge in [-0.3, -0.25) is 23.5 Å². The zero-order valence-electron chi connectivity index (χ0n) is 49.9. The van der Waals surface area contributed by atoms with Crippen LogP contribution in [0.2, 0.25) is 0 Å². The van der Waals surface area contributed by atoms with Crippen LogP contribution >= 0.6 is 0 Å². The highest BCUT2D eigenvalue weighted by Gasteiger charge is 2.59. The molecule has 6 rings (SSSR count). The smallest absolute Gasteiger partial charge is 0.394 e. The van der Waals surface area contributed by atoms with E-state index in [0.29, 0.717) is 0 Å². The number of carbonyl (C=O) groups is 3. The van der Waals surface area contributed by atoms with E-state index in [1.807, 2.05) is 0 Å². The van der Waals surface area contributed by atoms with Crippen molar-refractivity contribution < 1.29 is 197 Å². The quantitative estimate of drug-likeness (QED) is 0.0309. The first-order valence-corrected chi connectivity index (χ1v) is 31.4. The molecule has 6 aliphatic rings. The van der Waals surface area contributed by atoms with Crippen molar-refractivity contribution in [1.82, 2.24) is 16.0 Å². The highest BCUT2D eigenvalue weighted by atomic mass is 32.3. The second-order valence-corrected chi connectivity index (χ2v) is 24.7. The summed E-state index contributed by atoms with van der Waals surface area (Å²) in [7, 11) is -10.9. The number of hydrogen-bond acceptors (Lipinski definition) is 39. The van der Waals surface area contributed by atoms with Gasteiger partial charge in [-0.25, -0.2) is 8.37 Å². The molecule has 0 aromatic heterocycles. The SMILES string of the molecule is CC(=O)N[C@H]1[C@H](OC[C@@H](O)[C@H](O)[C@H](O[C@@H]2O[C@H](CO)[C@H](O)[C@H](OS(=O)(=O)O)[C@H]2O)[C@H](CO)NC(C)=O)O[C@H](CO)[C@@H](O[C@@H]2O[C@H](COS(=O)(=O)O)[C@H](O)[C@H](O[C@@H]3O[C@H](CO)[C@@H](O)[C@H](O[C@@H]4O[C@H](CO)[C@H](O)[C@H](O)[C@H]4O[C@@H]4O[C@@H](C)[C@@H](O)[C@@H](O)[C@@H]4O)[C@H]3NC(C)=O)[C@H]2O)[C@@H]1O. The lowest BCUT2D eigenvalue weighted by atomic mass is 9.94. The molecule has 0 saturated carbocycles. The first-order valence-electron chi connectivity index (χ1n) is 28.7. The van der Waals surface area contributed by atoms with Crippen LogP contribution < -0.4 is 16.0 Å². The molecule has 34 atom stereocenters. The molecular formula is C48H83N3O41S2. The molecule has 46 heteroatoms. The third-order valence-corrected chi connectivity index (χ3v) is 16.7. The number of hydrogen-bond donors (Lipinski definition) is 23. The predicted octanol–water partition coefficient (Wildman–Crippen LogP) is -15.5. The van der Waals surface area contributed by atoms with E-state index in [-0.39, 0.29) is 0 Å². The van der Waals surface area contributed by atoms with Crippen LogP contribution in [0.3, 0.4) is 0 Å². The van der Waals surface area contributed by atoms with Crippen molar-refractivity contribution in [2.24, 2.45) is 0 Å². The second-order valence-electron chi connectivity index (χ2n) is 22.6. The summed E-state index contributed by atoms with van der Waals surface area (Å²) in [6, 6.07) is -5.70. The molecule has 44 nitrogen and oxygen atoms in total. The fourth-order valence-corrected chi connectivity index (χ4v) is 11.8. The van der Waals surface area contributed by atoms with Gasteiger partial charge in [-0.15, -0.1) is 0 Å². The molecule has 0 spiro atoms. The Morgan fingerprint density at radius 1 is 0.457 bits per heavy atom. The van der Waals surface area contributed by atoms with E-state index in [2.05, 4.69) is 24.3 Å². The molecule has 6 heterocycles. The van der Waals surface area contributed by atoms with Crippen molar-refractivity contribution in [2.75, 3.05) is 46.2 Å². The molecule has 6 saturated heterocycles. The van der Waals surface area contributed by atoms with E-state index in [1.165, 1.54) is 6.92 Å². The topological polar surface area (TPSA) is 689 Å². The Bertz CT molecular complexity index is 2650. The van der Waals surface area contributed by atoms with E-state index in [4.69, 9.17) is 56.8 Å². The minimum atomic E-state index is -5.46. The molecule has 0 aliphatic carbocycles. The molecule has 3 amide bonds. The lowest BCUT2D eigenvalue weighted by Gasteiger charge is -2.51. The van der Waals surface area contributed by atoms with Crippen LogP contribution in [0.1, 0.15) is 27.7 Å². The summed E-state index contributed by atoms with van der Waals surface area (Å²) in [6.07, 6.45) is -65.4. The average Bonchev–Trinajstić information content (AvgIpc) is 0.774. The summed E-state index contributed by atoms with van der Waals surface area (Å²) in [6.45, 7) is -4.25. The van der Waals surface area contributed by atoms with Crippen molar-refractivity contribution in [3.8, 4) is 0 Å². The van der Waals surface area contributed by atoms with Gasteiger partial charge in [0.05, 0.1) is 58.4 Å². The van der Waals surface area contributed by atoms with E-state index >= 15 is 0 Å². The number of carbonyl (C=O) groups excluding carboxylic acids is 3. The summed E-state index contributed by atoms with van der Waals surface area (Å²) < 4.78 is 144. The molecule has 23 N–H and O–H groups in total. The van der Waals surface area contributed by atoms with E-state index in [1.54, 1.807) is 0 Å². The molecular weight excluding hydrogens is 1340 g/mol. The third kappa shape index (κ3) is 19.7. The Morgan fingerprint density at radius 3 is 1.49 bits per heavy atom. The zero-order valence-corrected chi connectivity index (χ0v) is 51.5. The van der Waals surface area contributed by atoms with Crippen LogP contribution in [-0.2, 0) is 100 Å². The van der Waals surface area contributed by atoms with E-state index < -0.39 is 293 Å². The van der Waals surface area contributed by atoms with Crippen LogP contribution in [0.15, 0.2) is 0 Å². The van der Waals surface area contributed by atoms with Gasteiger partial charge in [0.2, 0.25) is 17.7 Å². The Balaban J connectivity index is 1.27. The fraction of sp³-hybridized carbons (Fsp3) is 0.938. The minimum absolute atomic E-state index is 0.905. The van der Waals surface area contributed by atoms with Crippen molar-refractivity contribution in [3.63, 3.8) is 0 Å². The number of amides is 3. The normalized spacial score (nSPS) is 43.0. The summed E-state index contributed by atoms with van der Waals surface area (Å²) in [5, 5.41) is 204. The number of ether oxygens (including phenoxy) is 12. The van der Waals surface area contributed by atoms with Crippen molar-refractivity contribution in [2.45, 2.75) is 236 Å². The monoisotopic (exact) mass is 1420 g/mol. The van der Waals surface area contributed by atoms with Gasteiger partial charge in [0.1, 0.15) is 159 Å². The minimum Gasteiger partial charge on any atom is -0.394 e. The van der Waals surface area contributed by atoms with Gasteiger partial charge >= 0.3 is 20.8 Å². The highest BCUT2D eigenvalue weighted by molar-refractivity contribution is 7.81. The van der Waals surface area contributed by atoms with Gasteiger partial charge in [-0.1, -0.05) is 0 Å². The molecule has 0 radical (unpaired) electrons. The Labute approximate surface area is 533 Å². The van der Waals surface area contributed by atoms with Crippen LogP contribution in [-0.4, -0.2) is 390 Å². The zero-order chi connectivity index (χ0) is 70.3. The molecule has 94 heavy (non-hydrogen) atoms. The first kappa shape index (κ1) is 79.9. The van der Waals surface area contributed by atoms with Gasteiger partial charge in [-0.05, 0) is 6.92 Å². The maximum absolute atomic E-state index is 13.0. The van der Waals surface area contributed by atoms with Crippen LogP contribution in [0.4, 0.5) is 0 Å². The summed E-state index contributed by atoms with van der Waals surface area (Å²) in [4.78, 5) is 37.9. The van der Waals surface area contributed by atoms with E-state index in [0.717, 1.165) is 20.8 Å². The first-order chi connectivity index (χ1) is 43.9. The average molecular weight is 1420 g/mol. The number of nitrogens with one attached hydrogen (secondary N) is 3. The number of rotatable bonds is 29. The Morgan fingerprint density at radius 2 is 0.936 bits per heavy atom. The molecule has 6 fully saturated rings. The lowest BCUT2D eigenvalue weighted by Crippen LogP contribution is -2.71. The maximum atomic E-state index is 13.0. The van der Waals surface area contributed by atoms with Gasteiger partial charge < -0.3 is 165 Å². The molecule has 0 bridgehead atoms.